The van der Waals surface area contributed by atoms with E-state index in [1.165, 1.54) is 31.6 Å². The quantitative estimate of drug-likeness (QED) is 0.709. The van der Waals surface area contributed by atoms with Gasteiger partial charge in [-0.1, -0.05) is 0 Å². The molecule has 0 radical (unpaired) electrons. The lowest BCUT2D eigenvalue weighted by Crippen LogP contribution is -2.58. The molecule has 0 aromatic rings. The Morgan fingerprint density at radius 3 is 3.00 bits per heavy atom. The predicted molar refractivity (Wildman–Crippen MR) is 52.5 cm³/mol. The summed E-state index contributed by atoms with van der Waals surface area (Å²) in [6.07, 6.45) is 4.29. The van der Waals surface area contributed by atoms with Crippen molar-refractivity contribution >= 4 is 11.8 Å². The summed E-state index contributed by atoms with van der Waals surface area (Å²) in [6, 6.07) is 0. The number of hydrogen-bond acceptors (Lipinski definition) is 3. The van der Waals surface area contributed by atoms with Crippen LogP contribution in [0.4, 0.5) is 0 Å². The van der Waals surface area contributed by atoms with E-state index in [9.17, 15) is 0 Å². The van der Waals surface area contributed by atoms with Crippen molar-refractivity contribution in [2.75, 3.05) is 18.9 Å². The highest BCUT2D eigenvalue weighted by Crippen LogP contribution is 2.45. The van der Waals surface area contributed by atoms with Gasteiger partial charge in [-0.05, 0) is 25.6 Å². The molecule has 2 aliphatic rings. The smallest absolute Gasteiger partial charge is 0.0694 e. The molecule has 12 heavy (non-hydrogen) atoms. The van der Waals surface area contributed by atoms with Crippen LogP contribution in [0.25, 0.3) is 0 Å². The summed E-state index contributed by atoms with van der Waals surface area (Å²) in [7, 11) is 0. The Morgan fingerprint density at radius 1 is 1.58 bits per heavy atom. The van der Waals surface area contributed by atoms with Crippen molar-refractivity contribution in [3.8, 4) is 0 Å². The van der Waals surface area contributed by atoms with Crippen LogP contribution in [0.2, 0.25) is 0 Å². The second-order valence-corrected chi connectivity index (χ2v) is 5.09. The first-order valence-electron chi connectivity index (χ1n) is 4.85. The maximum absolute atomic E-state index is 5.55. The second-order valence-electron chi connectivity index (χ2n) is 3.61. The molecule has 0 unspecified atom stereocenters. The van der Waals surface area contributed by atoms with Crippen molar-refractivity contribution in [2.24, 2.45) is 0 Å². The SMILES string of the molecule is CCOC1CC2(C1)NCCCS2. The van der Waals surface area contributed by atoms with E-state index in [-0.39, 0.29) is 0 Å². The Hall–Kier alpha value is 0.270. The minimum Gasteiger partial charge on any atom is -0.378 e. The molecular formula is C9H17NOS. The third-order valence-corrected chi connectivity index (χ3v) is 4.19. The first-order valence-corrected chi connectivity index (χ1v) is 5.84. The van der Waals surface area contributed by atoms with Crippen LogP contribution >= 0.6 is 11.8 Å². The lowest BCUT2D eigenvalue weighted by molar-refractivity contribution is -0.0208. The average molecular weight is 187 g/mol. The van der Waals surface area contributed by atoms with E-state index in [0.717, 1.165) is 6.61 Å². The molecule has 0 aromatic heterocycles. The van der Waals surface area contributed by atoms with Gasteiger partial charge in [0, 0.05) is 19.4 Å². The van der Waals surface area contributed by atoms with E-state index >= 15 is 0 Å². The molecule has 70 valence electrons. The number of hydrogen-bond donors (Lipinski definition) is 1. The van der Waals surface area contributed by atoms with Crippen molar-refractivity contribution in [1.29, 1.82) is 0 Å². The zero-order valence-electron chi connectivity index (χ0n) is 7.64. The highest BCUT2D eigenvalue weighted by Gasteiger charge is 2.45. The van der Waals surface area contributed by atoms with Crippen molar-refractivity contribution in [1.82, 2.24) is 5.32 Å². The Balaban J connectivity index is 1.77. The van der Waals surface area contributed by atoms with Gasteiger partial charge in [-0.15, -0.1) is 11.8 Å². The van der Waals surface area contributed by atoms with Crippen molar-refractivity contribution < 1.29 is 4.74 Å². The number of rotatable bonds is 2. The van der Waals surface area contributed by atoms with Gasteiger partial charge in [0.25, 0.3) is 0 Å². The minimum atomic E-state index is 0.415. The summed E-state index contributed by atoms with van der Waals surface area (Å²) in [5.74, 6) is 1.33. The molecule has 2 rings (SSSR count). The van der Waals surface area contributed by atoms with E-state index < -0.39 is 0 Å². The van der Waals surface area contributed by atoms with Crippen LogP contribution in [0, 0.1) is 0 Å². The van der Waals surface area contributed by atoms with Gasteiger partial charge in [-0.25, -0.2) is 0 Å². The molecule has 0 aromatic carbocycles. The van der Waals surface area contributed by atoms with Crippen LogP contribution in [0.5, 0.6) is 0 Å². The van der Waals surface area contributed by atoms with Crippen molar-refractivity contribution in [3.63, 3.8) is 0 Å². The molecule has 1 aliphatic heterocycles. The highest BCUT2D eigenvalue weighted by atomic mass is 32.2. The molecule has 1 saturated heterocycles. The largest absolute Gasteiger partial charge is 0.378 e. The van der Waals surface area contributed by atoms with Crippen LogP contribution in [-0.4, -0.2) is 29.9 Å². The zero-order valence-corrected chi connectivity index (χ0v) is 8.45. The zero-order chi connectivity index (χ0) is 8.44. The standard InChI is InChI=1S/C9H17NOS/c1-2-11-8-6-9(7-8)10-4-3-5-12-9/h8,10H,2-7H2,1H3. The summed E-state index contributed by atoms with van der Waals surface area (Å²) in [5.41, 5.74) is 0. The maximum Gasteiger partial charge on any atom is 0.0694 e. The number of nitrogens with one attached hydrogen (secondary N) is 1. The molecule has 1 heterocycles. The number of thioether (sulfide) groups is 1. The third kappa shape index (κ3) is 1.63. The first kappa shape index (κ1) is 8.85. The van der Waals surface area contributed by atoms with Crippen LogP contribution < -0.4 is 5.32 Å². The minimum absolute atomic E-state index is 0.415. The topological polar surface area (TPSA) is 21.3 Å². The molecule has 3 heteroatoms. The Kier molecular flexibility index (Phi) is 2.63. The normalized spacial score (nSPS) is 41.2. The highest BCUT2D eigenvalue weighted by molar-refractivity contribution is 8.00. The van der Waals surface area contributed by atoms with E-state index in [0.29, 0.717) is 11.0 Å². The van der Waals surface area contributed by atoms with E-state index in [1.807, 2.05) is 0 Å². The lowest BCUT2D eigenvalue weighted by Gasteiger charge is -2.49. The average Bonchev–Trinajstić information content (AvgIpc) is 2.04. The Labute approximate surface area is 78.4 Å². The van der Waals surface area contributed by atoms with Crippen LogP contribution in [0.15, 0.2) is 0 Å². The molecule has 0 bridgehead atoms. The first-order chi connectivity index (χ1) is 5.85. The van der Waals surface area contributed by atoms with E-state index in [4.69, 9.17) is 4.74 Å². The van der Waals surface area contributed by atoms with Gasteiger partial charge in [0.1, 0.15) is 0 Å². The number of ether oxygens (including phenoxy) is 1. The molecule has 0 amide bonds. The second kappa shape index (κ2) is 3.56. The predicted octanol–water partition coefficient (Wildman–Crippen LogP) is 1.61. The molecule has 1 N–H and O–H groups in total. The fraction of sp³-hybridized carbons (Fsp3) is 1.00. The fourth-order valence-electron chi connectivity index (χ4n) is 2.00. The van der Waals surface area contributed by atoms with Gasteiger partial charge in [-0.2, -0.15) is 0 Å². The summed E-state index contributed by atoms with van der Waals surface area (Å²) in [6.45, 7) is 4.14. The molecule has 1 aliphatic carbocycles. The van der Waals surface area contributed by atoms with Gasteiger partial charge in [-0.3, -0.25) is 0 Å². The third-order valence-electron chi connectivity index (χ3n) is 2.66. The molecule has 1 saturated carbocycles. The summed E-state index contributed by atoms with van der Waals surface area (Å²) < 4.78 is 5.55. The van der Waals surface area contributed by atoms with Crippen molar-refractivity contribution in [2.45, 2.75) is 37.2 Å². The van der Waals surface area contributed by atoms with Gasteiger partial charge >= 0.3 is 0 Å². The molecular weight excluding hydrogens is 170 g/mol. The van der Waals surface area contributed by atoms with Crippen molar-refractivity contribution in [3.05, 3.63) is 0 Å². The van der Waals surface area contributed by atoms with Gasteiger partial charge < -0.3 is 10.1 Å². The Bertz CT molecular complexity index is 149. The summed E-state index contributed by atoms with van der Waals surface area (Å²) >= 11 is 2.09. The van der Waals surface area contributed by atoms with Crippen LogP contribution in [-0.2, 0) is 4.74 Å². The van der Waals surface area contributed by atoms with Gasteiger partial charge in [0.15, 0.2) is 0 Å². The Morgan fingerprint density at radius 2 is 2.42 bits per heavy atom. The van der Waals surface area contributed by atoms with Crippen LogP contribution in [0.1, 0.15) is 26.2 Å². The van der Waals surface area contributed by atoms with E-state index in [1.54, 1.807) is 0 Å². The molecule has 2 nitrogen and oxygen atoms in total. The molecule has 0 atom stereocenters. The molecule has 2 fully saturated rings. The van der Waals surface area contributed by atoms with Gasteiger partial charge in [0.05, 0.1) is 11.0 Å². The van der Waals surface area contributed by atoms with Gasteiger partial charge in [0.2, 0.25) is 0 Å². The van der Waals surface area contributed by atoms with E-state index in [2.05, 4.69) is 24.0 Å². The fourth-order valence-corrected chi connectivity index (χ4v) is 3.49. The molecule has 1 spiro atoms. The summed E-state index contributed by atoms with van der Waals surface area (Å²) in [4.78, 5) is 0.415. The maximum atomic E-state index is 5.55. The summed E-state index contributed by atoms with van der Waals surface area (Å²) in [5, 5.41) is 3.60. The lowest BCUT2D eigenvalue weighted by atomic mass is 9.88. The monoisotopic (exact) mass is 187 g/mol. The van der Waals surface area contributed by atoms with Crippen LogP contribution in [0.3, 0.4) is 0 Å².